The highest BCUT2D eigenvalue weighted by molar-refractivity contribution is 6.30. The fraction of sp³-hybridized carbons (Fsp3) is 0.227. The summed E-state index contributed by atoms with van der Waals surface area (Å²) in [6.07, 6.45) is 3.27. The number of ether oxygens (including phenoxy) is 1. The van der Waals surface area contributed by atoms with Crippen LogP contribution in [0, 0.1) is 0 Å². The molecule has 0 radical (unpaired) electrons. The normalized spacial score (nSPS) is 12.3. The number of benzene rings is 3. The molecule has 1 aliphatic rings. The van der Waals surface area contributed by atoms with E-state index >= 15 is 0 Å². The Labute approximate surface area is 157 Å². The number of nitrogens with one attached hydrogen (secondary N) is 1. The van der Waals surface area contributed by atoms with Crippen molar-refractivity contribution < 1.29 is 9.53 Å². The SMILES string of the molecule is O=C(CCCOc1ccc(Cl)cc1)Nc1ccc2c3c(cccc13)CC2. The summed E-state index contributed by atoms with van der Waals surface area (Å²) in [7, 11) is 0. The van der Waals surface area contributed by atoms with Gasteiger partial charge in [0.05, 0.1) is 6.61 Å². The molecular weight excluding hydrogens is 346 g/mol. The fourth-order valence-electron chi connectivity index (χ4n) is 3.52. The summed E-state index contributed by atoms with van der Waals surface area (Å²) in [5.74, 6) is 0.783. The Morgan fingerprint density at radius 2 is 1.77 bits per heavy atom. The van der Waals surface area contributed by atoms with Gasteiger partial charge in [-0.3, -0.25) is 4.79 Å². The Balaban J connectivity index is 1.34. The lowest BCUT2D eigenvalue weighted by molar-refractivity contribution is -0.116. The Kier molecular flexibility index (Phi) is 4.81. The highest BCUT2D eigenvalue weighted by atomic mass is 35.5. The first-order valence-electron chi connectivity index (χ1n) is 8.92. The van der Waals surface area contributed by atoms with Crippen LogP contribution in [0.2, 0.25) is 5.02 Å². The molecule has 3 aromatic carbocycles. The van der Waals surface area contributed by atoms with Crippen molar-refractivity contribution in [2.75, 3.05) is 11.9 Å². The average Bonchev–Trinajstić information content (AvgIpc) is 3.07. The molecule has 3 aromatic rings. The van der Waals surface area contributed by atoms with Crippen molar-refractivity contribution in [2.24, 2.45) is 0 Å². The quantitative estimate of drug-likeness (QED) is 0.595. The lowest BCUT2D eigenvalue weighted by Crippen LogP contribution is -2.13. The summed E-state index contributed by atoms with van der Waals surface area (Å²) < 4.78 is 5.63. The number of hydrogen-bond donors (Lipinski definition) is 1. The van der Waals surface area contributed by atoms with E-state index in [9.17, 15) is 4.79 Å². The Hall–Kier alpha value is -2.52. The van der Waals surface area contributed by atoms with Gasteiger partial charge in [-0.15, -0.1) is 0 Å². The summed E-state index contributed by atoms with van der Waals surface area (Å²) >= 11 is 5.85. The minimum atomic E-state index is 0.0170. The molecule has 0 heterocycles. The van der Waals surface area contributed by atoms with Crippen LogP contribution in [0.4, 0.5) is 5.69 Å². The van der Waals surface area contributed by atoms with Crippen molar-refractivity contribution in [3.8, 4) is 5.75 Å². The molecule has 4 rings (SSSR count). The topological polar surface area (TPSA) is 38.3 Å². The Bertz CT molecular complexity index is 940. The third-order valence-electron chi connectivity index (χ3n) is 4.78. The van der Waals surface area contributed by atoms with Gasteiger partial charge in [-0.25, -0.2) is 0 Å². The van der Waals surface area contributed by atoms with Gasteiger partial charge in [-0.05, 0) is 66.1 Å². The van der Waals surface area contributed by atoms with Crippen LogP contribution < -0.4 is 10.1 Å². The summed E-state index contributed by atoms with van der Waals surface area (Å²) in [6.45, 7) is 0.499. The highest BCUT2D eigenvalue weighted by Gasteiger charge is 2.16. The maximum atomic E-state index is 12.3. The highest BCUT2D eigenvalue weighted by Crippen LogP contribution is 2.35. The first-order chi connectivity index (χ1) is 12.7. The monoisotopic (exact) mass is 365 g/mol. The number of halogens is 1. The van der Waals surface area contributed by atoms with E-state index in [0.717, 1.165) is 29.7 Å². The molecule has 132 valence electrons. The second kappa shape index (κ2) is 7.38. The lowest BCUT2D eigenvalue weighted by Gasteiger charge is -2.11. The van der Waals surface area contributed by atoms with Gasteiger partial charge in [0, 0.05) is 22.5 Å². The molecular formula is C22H20ClNO2. The molecule has 1 amide bonds. The number of carbonyl (C=O) groups excluding carboxylic acids is 1. The lowest BCUT2D eigenvalue weighted by atomic mass is 10.0. The molecule has 0 aliphatic heterocycles. The molecule has 0 atom stereocenters. The standard InChI is InChI=1S/C22H20ClNO2/c23-17-9-11-18(12-10-17)26-14-2-5-21(25)24-20-13-8-16-7-6-15-3-1-4-19(20)22(15)16/h1,3-4,8-13H,2,5-7,14H2,(H,24,25). The van der Waals surface area contributed by atoms with Crippen molar-refractivity contribution in [3.63, 3.8) is 0 Å². The fourth-order valence-corrected chi connectivity index (χ4v) is 3.65. The van der Waals surface area contributed by atoms with Crippen LogP contribution in [-0.4, -0.2) is 12.5 Å². The summed E-state index contributed by atoms with van der Waals surface area (Å²) in [4.78, 5) is 12.3. The van der Waals surface area contributed by atoms with Crippen LogP contribution in [0.1, 0.15) is 24.0 Å². The van der Waals surface area contributed by atoms with Crippen LogP contribution in [-0.2, 0) is 17.6 Å². The number of rotatable bonds is 6. The number of anilines is 1. The minimum absolute atomic E-state index is 0.0170. The van der Waals surface area contributed by atoms with Gasteiger partial charge in [0.15, 0.2) is 0 Å². The molecule has 0 saturated carbocycles. The van der Waals surface area contributed by atoms with Crippen LogP contribution >= 0.6 is 11.6 Å². The first kappa shape index (κ1) is 16.9. The van der Waals surface area contributed by atoms with E-state index in [0.29, 0.717) is 24.5 Å². The number of amides is 1. The summed E-state index contributed by atoms with van der Waals surface area (Å²) in [5, 5.41) is 6.20. The van der Waals surface area contributed by atoms with Gasteiger partial charge >= 0.3 is 0 Å². The smallest absolute Gasteiger partial charge is 0.224 e. The Morgan fingerprint density at radius 3 is 2.58 bits per heavy atom. The van der Waals surface area contributed by atoms with Crippen LogP contribution in [0.5, 0.6) is 5.75 Å². The predicted molar refractivity (Wildman–Crippen MR) is 106 cm³/mol. The van der Waals surface area contributed by atoms with E-state index < -0.39 is 0 Å². The van der Waals surface area contributed by atoms with E-state index in [4.69, 9.17) is 16.3 Å². The zero-order chi connectivity index (χ0) is 17.9. The van der Waals surface area contributed by atoms with Gasteiger partial charge in [0.1, 0.15) is 5.75 Å². The molecule has 0 saturated heterocycles. The molecule has 1 aliphatic carbocycles. The van der Waals surface area contributed by atoms with Gasteiger partial charge < -0.3 is 10.1 Å². The molecule has 0 aromatic heterocycles. The third-order valence-corrected chi connectivity index (χ3v) is 5.03. The van der Waals surface area contributed by atoms with Crippen LogP contribution in [0.25, 0.3) is 10.8 Å². The number of carbonyl (C=O) groups is 1. The van der Waals surface area contributed by atoms with E-state index in [1.165, 1.54) is 16.5 Å². The number of hydrogen-bond acceptors (Lipinski definition) is 2. The van der Waals surface area contributed by atoms with E-state index in [1.54, 1.807) is 12.1 Å². The molecule has 3 nitrogen and oxygen atoms in total. The van der Waals surface area contributed by atoms with Crippen molar-refractivity contribution >= 4 is 34.0 Å². The van der Waals surface area contributed by atoms with Gasteiger partial charge in [0.25, 0.3) is 0 Å². The summed E-state index contributed by atoms with van der Waals surface area (Å²) in [5.41, 5.74) is 3.66. The predicted octanol–water partition coefficient (Wildman–Crippen LogP) is 5.39. The molecule has 0 unspecified atom stereocenters. The summed E-state index contributed by atoms with van der Waals surface area (Å²) in [6, 6.07) is 17.7. The second-order valence-electron chi connectivity index (χ2n) is 6.57. The first-order valence-corrected chi connectivity index (χ1v) is 9.30. The van der Waals surface area contributed by atoms with Crippen molar-refractivity contribution in [1.82, 2.24) is 0 Å². The number of aryl methyl sites for hydroxylation is 2. The minimum Gasteiger partial charge on any atom is -0.494 e. The van der Waals surface area contributed by atoms with E-state index in [1.807, 2.05) is 18.2 Å². The zero-order valence-corrected chi connectivity index (χ0v) is 15.2. The van der Waals surface area contributed by atoms with Gasteiger partial charge in [-0.1, -0.05) is 35.9 Å². The molecule has 1 N–H and O–H groups in total. The maximum Gasteiger partial charge on any atom is 0.224 e. The van der Waals surface area contributed by atoms with Gasteiger partial charge in [-0.2, -0.15) is 0 Å². The molecule has 4 heteroatoms. The maximum absolute atomic E-state index is 12.3. The van der Waals surface area contributed by atoms with E-state index in [2.05, 4.69) is 29.6 Å². The van der Waals surface area contributed by atoms with Crippen molar-refractivity contribution in [3.05, 3.63) is 70.7 Å². The van der Waals surface area contributed by atoms with Crippen molar-refractivity contribution in [1.29, 1.82) is 0 Å². The van der Waals surface area contributed by atoms with Crippen LogP contribution in [0.15, 0.2) is 54.6 Å². The molecule has 0 fully saturated rings. The third kappa shape index (κ3) is 3.54. The average molecular weight is 366 g/mol. The Morgan fingerprint density at radius 1 is 1.00 bits per heavy atom. The van der Waals surface area contributed by atoms with E-state index in [-0.39, 0.29) is 5.91 Å². The van der Waals surface area contributed by atoms with Crippen molar-refractivity contribution in [2.45, 2.75) is 25.7 Å². The largest absolute Gasteiger partial charge is 0.494 e. The molecule has 26 heavy (non-hydrogen) atoms. The van der Waals surface area contributed by atoms with Gasteiger partial charge in [0.2, 0.25) is 5.91 Å². The molecule has 0 spiro atoms. The molecule has 0 bridgehead atoms. The van der Waals surface area contributed by atoms with Crippen LogP contribution in [0.3, 0.4) is 0 Å². The zero-order valence-electron chi connectivity index (χ0n) is 14.4. The second-order valence-corrected chi connectivity index (χ2v) is 7.00.